The second-order valence-corrected chi connectivity index (χ2v) is 4.45. The molecule has 2 aliphatic rings. The van der Waals surface area contributed by atoms with E-state index in [1.165, 1.54) is 0 Å². The van der Waals surface area contributed by atoms with Crippen LogP contribution in [0.15, 0.2) is 0 Å². The molecule has 0 aromatic heterocycles. The number of amides is 1. The van der Waals surface area contributed by atoms with Crippen molar-refractivity contribution in [2.75, 3.05) is 19.8 Å². The molecule has 96 valence electrons. The van der Waals surface area contributed by atoms with E-state index in [0.29, 0.717) is 13.0 Å². The summed E-state index contributed by atoms with van der Waals surface area (Å²) in [6.45, 7) is 0.737. The number of ether oxygens (including phenoxy) is 1. The van der Waals surface area contributed by atoms with Gasteiger partial charge in [0.25, 0.3) is 0 Å². The molecule has 2 heterocycles. The molecule has 0 aromatic rings. The van der Waals surface area contributed by atoms with Crippen molar-refractivity contribution in [1.82, 2.24) is 10.6 Å². The quantitative estimate of drug-likeness (QED) is 0.454. The predicted molar refractivity (Wildman–Crippen MR) is 56.3 cm³/mol. The summed E-state index contributed by atoms with van der Waals surface area (Å²) in [5.74, 6) is -1.93. The monoisotopic (exact) mass is 244 g/mol. The molecule has 17 heavy (non-hydrogen) atoms. The van der Waals surface area contributed by atoms with Crippen LogP contribution in [0.2, 0.25) is 0 Å². The molecular formula is C10H16N2O5. The third kappa shape index (κ3) is 2.74. The summed E-state index contributed by atoms with van der Waals surface area (Å²) in [5, 5.41) is 23.7. The van der Waals surface area contributed by atoms with E-state index in [9.17, 15) is 14.7 Å². The van der Waals surface area contributed by atoms with Gasteiger partial charge in [-0.1, -0.05) is 0 Å². The third-order valence-corrected chi connectivity index (χ3v) is 3.15. The van der Waals surface area contributed by atoms with Crippen LogP contribution in [0.1, 0.15) is 6.42 Å². The van der Waals surface area contributed by atoms with Crippen LogP contribution < -0.4 is 10.6 Å². The number of carboxylic acid groups (broad SMARTS) is 1. The maximum Gasteiger partial charge on any atom is 0.311 e. The van der Waals surface area contributed by atoms with Crippen molar-refractivity contribution in [2.45, 2.75) is 24.6 Å². The molecule has 7 heteroatoms. The van der Waals surface area contributed by atoms with E-state index in [2.05, 4.69) is 10.6 Å². The van der Waals surface area contributed by atoms with Crippen molar-refractivity contribution < 1.29 is 24.5 Å². The lowest BCUT2D eigenvalue weighted by molar-refractivity contribution is -0.142. The summed E-state index contributed by atoms with van der Waals surface area (Å²) < 4.78 is 5.05. The summed E-state index contributed by atoms with van der Waals surface area (Å²) >= 11 is 0. The number of carbonyl (C=O) groups excluding carboxylic acids is 1. The Kier molecular flexibility index (Phi) is 3.60. The number of β-amino-alcohol motifs (C(OH)–C–C–N with tert-alkyl or cyclic N) is 1. The lowest BCUT2D eigenvalue weighted by Gasteiger charge is -2.18. The number of nitrogens with one attached hydrogen (secondary N) is 2. The number of aliphatic hydroxyl groups excluding tert-OH is 1. The first-order valence-corrected chi connectivity index (χ1v) is 5.60. The van der Waals surface area contributed by atoms with Crippen LogP contribution in [0.25, 0.3) is 0 Å². The topological polar surface area (TPSA) is 108 Å². The van der Waals surface area contributed by atoms with E-state index in [1.807, 2.05) is 0 Å². The zero-order valence-corrected chi connectivity index (χ0v) is 9.26. The number of carboxylic acids is 1. The molecule has 4 N–H and O–H groups in total. The Balaban J connectivity index is 1.88. The Morgan fingerprint density at radius 1 is 1.35 bits per heavy atom. The summed E-state index contributed by atoms with van der Waals surface area (Å²) in [4.78, 5) is 22.7. The van der Waals surface area contributed by atoms with Crippen LogP contribution in [0.4, 0.5) is 0 Å². The van der Waals surface area contributed by atoms with Crippen molar-refractivity contribution in [3.63, 3.8) is 0 Å². The molecule has 7 nitrogen and oxygen atoms in total. The van der Waals surface area contributed by atoms with Gasteiger partial charge in [-0.15, -0.1) is 0 Å². The lowest BCUT2D eigenvalue weighted by Crippen LogP contribution is -2.49. The standard InChI is InChI=1S/C10H16N2O5/c13-5-1-7(11-2-5)9(14)12-8-4-17-3-6(8)10(15)16/h5-8,11,13H,1-4H2,(H,12,14)(H,15,16). The minimum atomic E-state index is -0.966. The van der Waals surface area contributed by atoms with Gasteiger partial charge in [0.05, 0.1) is 31.4 Å². The van der Waals surface area contributed by atoms with Gasteiger partial charge in [0, 0.05) is 6.54 Å². The average Bonchev–Trinajstić information content (AvgIpc) is 2.86. The Hall–Kier alpha value is -1.18. The van der Waals surface area contributed by atoms with E-state index < -0.39 is 30.1 Å². The van der Waals surface area contributed by atoms with Crippen molar-refractivity contribution in [1.29, 1.82) is 0 Å². The van der Waals surface area contributed by atoms with Crippen LogP contribution in [-0.2, 0) is 14.3 Å². The fourth-order valence-corrected chi connectivity index (χ4v) is 2.14. The Labute approximate surface area is 98.1 Å². The maximum absolute atomic E-state index is 11.8. The number of hydrogen-bond acceptors (Lipinski definition) is 5. The van der Waals surface area contributed by atoms with Gasteiger partial charge in [-0.05, 0) is 6.42 Å². The second kappa shape index (κ2) is 4.99. The Morgan fingerprint density at radius 3 is 2.71 bits per heavy atom. The summed E-state index contributed by atoms with van der Waals surface area (Å²) in [6, 6.07) is -0.931. The molecule has 1 amide bonds. The number of hydrogen-bond donors (Lipinski definition) is 4. The normalized spacial score (nSPS) is 37.0. The molecule has 2 rings (SSSR count). The van der Waals surface area contributed by atoms with Crippen LogP contribution in [0.5, 0.6) is 0 Å². The van der Waals surface area contributed by atoms with Gasteiger partial charge in [-0.25, -0.2) is 0 Å². The minimum Gasteiger partial charge on any atom is -0.481 e. The largest absolute Gasteiger partial charge is 0.481 e. The van der Waals surface area contributed by atoms with E-state index in [1.54, 1.807) is 0 Å². The Morgan fingerprint density at radius 2 is 2.12 bits per heavy atom. The first-order valence-electron chi connectivity index (χ1n) is 5.60. The zero-order valence-electron chi connectivity index (χ0n) is 9.26. The molecule has 0 aliphatic carbocycles. The van der Waals surface area contributed by atoms with Gasteiger partial charge in [0.1, 0.15) is 5.92 Å². The molecule has 2 aliphatic heterocycles. The molecule has 0 radical (unpaired) electrons. The van der Waals surface area contributed by atoms with Crippen molar-refractivity contribution in [3.8, 4) is 0 Å². The predicted octanol–water partition coefficient (Wildman–Crippen LogP) is -2.07. The zero-order chi connectivity index (χ0) is 12.4. The van der Waals surface area contributed by atoms with Crippen molar-refractivity contribution in [3.05, 3.63) is 0 Å². The van der Waals surface area contributed by atoms with Crippen LogP contribution in [-0.4, -0.2) is 60.0 Å². The number of carbonyl (C=O) groups is 2. The van der Waals surface area contributed by atoms with E-state index >= 15 is 0 Å². The number of aliphatic carboxylic acids is 1. The second-order valence-electron chi connectivity index (χ2n) is 4.45. The fraction of sp³-hybridized carbons (Fsp3) is 0.800. The van der Waals surface area contributed by atoms with E-state index in [-0.39, 0.29) is 19.1 Å². The van der Waals surface area contributed by atoms with Crippen molar-refractivity contribution in [2.24, 2.45) is 5.92 Å². The first-order chi connectivity index (χ1) is 8.08. The summed E-state index contributed by atoms with van der Waals surface area (Å²) in [5.41, 5.74) is 0. The van der Waals surface area contributed by atoms with Crippen LogP contribution >= 0.6 is 0 Å². The average molecular weight is 244 g/mol. The third-order valence-electron chi connectivity index (χ3n) is 3.15. The molecule has 4 atom stereocenters. The molecule has 0 spiro atoms. The summed E-state index contributed by atoms with van der Waals surface area (Å²) in [7, 11) is 0. The fourth-order valence-electron chi connectivity index (χ4n) is 2.14. The smallest absolute Gasteiger partial charge is 0.311 e. The molecular weight excluding hydrogens is 228 g/mol. The maximum atomic E-state index is 11.8. The molecule has 4 unspecified atom stereocenters. The van der Waals surface area contributed by atoms with Gasteiger partial charge < -0.3 is 25.6 Å². The van der Waals surface area contributed by atoms with Gasteiger partial charge in [-0.2, -0.15) is 0 Å². The SMILES string of the molecule is O=C(NC1COCC1C(=O)O)C1CC(O)CN1. The van der Waals surface area contributed by atoms with Gasteiger partial charge in [0.15, 0.2) is 0 Å². The van der Waals surface area contributed by atoms with Gasteiger partial charge in [-0.3, -0.25) is 9.59 Å². The van der Waals surface area contributed by atoms with Gasteiger partial charge >= 0.3 is 5.97 Å². The van der Waals surface area contributed by atoms with Gasteiger partial charge in [0.2, 0.25) is 5.91 Å². The number of rotatable bonds is 3. The Bertz CT molecular complexity index is 322. The van der Waals surface area contributed by atoms with Crippen LogP contribution in [0.3, 0.4) is 0 Å². The molecule has 2 saturated heterocycles. The van der Waals surface area contributed by atoms with Crippen molar-refractivity contribution >= 4 is 11.9 Å². The summed E-state index contributed by atoms with van der Waals surface area (Å²) in [6.07, 6.45) is -0.155. The molecule has 0 saturated carbocycles. The van der Waals surface area contributed by atoms with E-state index in [4.69, 9.17) is 9.84 Å². The van der Waals surface area contributed by atoms with E-state index in [0.717, 1.165) is 0 Å². The molecule has 0 bridgehead atoms. The lowest BCUT2D eigenvalue weighted by atomic mass is 10.0. The molecule has 2 fully saturated rings. The number of aliphatic hydroxyl groups is 1. The highest BCUT2D eigenvalue weighted by Gasteiger charge is 2.37. The highest BCUT2D eigenvalue weighted by molar-refractivity contribution is 5.83. The minimum absolute atomic E-state index is 0.126. The molecule has 0 aromatic carbocycles. The van der Waals surface area contributed by atoms with Crippen LogP contribution in [0, 0.1) is 5.92 Å². The highest BCUT2D eigenvalue weighted by atomic mass is 16.5. The highest BCUT2D eigenvalue weighted by Crippen LogP contribution is 2.15. The first kappa shape index (κ1) is 12.3.